The predicted octanol–water partition coefficient (Wildman–Crippen LogP) is -1.54. The van der Waals surface area contributed by atoms with Crippen molar-refractivity contribution in [2.45, 2.75) is 6.92 Å². The van der Waals surface area contributed by atoms with E-state index in [-0.39, 0.29) is 0 Å². The summed E-state index contributed by atoms with van der Waals surface area (Å²) in [5, 5.41) is 17.4. The molecular formula is C5H7BN2O2. The number of hydrogen-bond acceptors (Lipinski definition) is 4. The molecule has 2 N–H and O–H groups in total. The lowest BCUT2D eigenvalue weighted by Gasteiger charge is -1.99. The lowest BCUT2D eigenvalue weighted by Crippen LogP contribution is -2.33. The van der Waals surface area contributed by atoms with E-state index in [0.29, 0.717) is 11.2 Å². The standard InChI is InChI=1S/C5H7BN2O2/c1-4-5(6(9)10)2-7-3-8-4/h2-3,9-10H,1H3. The van der Waals surface area contributed by atoms with E-state index >= 15 is 0 Å². The summed E-state index contributed by atoms with van der Waals surface area (Å²) < 4.78 is 0. The molecule has 52 valence electrons. The number of hydrogen-bond donors (Lipinski definition) is 2. The molecule has 1 aromatic rings. The van der Waals surface area contributed by atoms with Gasteiger partial charge in [-0.1, -0.05) is 0 Å². The van der Waals surface area contributed by atoms with Crippen LogP contribution in [0.2, 0.25) is 0 Å². The first-order valence-corrected chi connectivity index (χ1v) is 2.84. The Bertz CT molecular complexity index is 229. The van der Waals surface area contributed by atoms with Gasteiger partial charge in [0.05, 0.1) is 0 Å². The van der Waals surface area contributed by atoms with Crippen molar-refractivity contribution in [3.05, 3.63) is 18.2 Å². The third-order valence-corrected chi connectivity index (χ3v) is 1.23. The van der Waals surface area contributed by atoms with E-state index in [2.05, 4.69) is 9.97 Å². The molecule has 0 aliphatic heterocycles. The van der Waals surface area contributed by atoms with Crippen molar-refractivity contribution in [1.29, 1.82) is 0 Å². The smallest absolute Gasteiger partial charge is 0.423 e. The van der Waals surface area contributed by atoms with Gasteiger partial charge in [-0.3, -0.25) is 0 Å². The topological polar surface area (TPSA) is 66.2 Å². The first-order chi connectivity index (χ1) is 4.72. The second-order valence-corrected chi connectivity index (χ2v) is 1.94. The average molecular weight is 138 g/mol. The number of rotatable bonds is 1. The zero-order valence-corrected chi connectivity index (χ0v) is 5.52. The second kappa shape index (κ2) is 2.77. The Kier molecular flexibility index (Phi) is 1.98. The van der Waals surface area contributed by atoms with E-state index in [4.69, 9.17) is 10.0 Å². The van der Waals surface area contributed by atoms with Crippen LogP contribution in [0.3, 0.4) is 0 Å². The summed E-state index contributed by atoms with van der Waals surface area (Å²) in [4.78, 5) is 7.40. The normalized spacial score (nSPS) is 9.50. The van der Waals surface area contributed by atoms with Crippen molar-refractivity contribution >= 4 is 12.6 Å². The fourth-order valence-electron chi connectivity index (χ4n) is 0.655. The predicted molar refractivity (Wildman–Crippen MR) is 36.6 cm³/mol. The maximum atomic E-state index is 8.68. The third kappa shape index (κ3) is 1.31. The van der Waals surface area contributed by atoms with Crippen molar-refractivity contribution < 1.29 is 10.0 Å². The SMILES string of the molecule is Cc1ncncc1B(O)O. The van der Waals surface area contributed by atoms with Crippen molar-refractivity contribution in [2.75, 3.05) is 0 Å². The van der Waals surface area contributed by atoms with Crippen molar-refractivity contribution in [2.24, 2.45) is 0 Å². The molecule has 0 aliphatic carbocycles. The molecule has 0 spiro atoms. The highest BCUT2D eigenvalue weighted by Gasteiger charge is 2.13. The molecule has 5 heteroatoms. The van der Waals surface area contributed by atoms with Crippen LogP contribution in [0, 0.1) is 6.92 Å². The van der Waals surface area contributed by atoms with Crippen LogP contribution < -0.4 is 5.46 Å². The van der Waals surface area contributed by atoms with Gasteiger partial charge in [-0.2, -0.15) is 0 Å². The van der Waals surface area contributed by atoms with E-state index < -0.39 is 7.12 Å². The number of nitrogens with zero attached hydrogens (tertiary/aromatic N) is 2. The number of aryl methyl sites for hydroxylation is 1. The van der Waals surface area contributed by atoms with Gasteiger partial charge in [-0.25, -0.2) is 9.97 Å². The van der Waals surface area contributed by atoms with Crippen LogP contribution in [-0.2, 0) is 0 Å². The first kappa shape index (κ1) is 7.18. The monoisotopic (exact) mass is 138 g/mol. The molecule has 0 fully saturated rings. The van der Waals surface area contributed by atoms with Crippen LogP contribution in [-0.4, -0.2) is 27.1 Å². The molecule has 4 nitrogen and oxygen atoms in total. The largest absolute Gasteiger partial charge is 0.491 e. The molecule has 0 saturated carbocycles. The van der Waals surface area contributed by atoms with E-state index in [9.17, 15) is 0 Å². The molecule has 0 atom stereocenters. The lowest BCUT2D eigenvalue weighted by atomic mass is 9.80. The minimum Gasteiger partial charge on any atom is -0.423 e. The molecule has 0 aromatic carbocycles. The minimum absolute atomic E-state index is 0.350. The van der Waals surface area contributed by atoms with Gasteiger partial charge in [0.25, 0.3) is 0 Å². The summed E-state index contributed by atoms with van der Waals surface area (Å²) in [5.74, 6) is 0. The summed E-state index contributed by atoms with van der Waals surface area (Å²) in [5.41, 5.74) is 0.938. The molecule has 0 radical (unpaired) electrons. The fraction of sp³-hybridized carbons (Fsp3) is 0.200. The van der Waals surface area contributed by atoms with E-state index in [0.717, 1.165) is 0 Å². The Morgan fingerprint density at radius 1 is 1.50 bits per heavy atom. The molecule has 0 aliphatic rings. The summed E-state index contributed by atoms with van der Waals surface area (Å²) in [6, 6.07) is 0. The van der Waals surface area contributed by atoms with Crippen LogP contribution in [0.4, 0.5) is 0 Å². The van der Waals surface area contributed by atoms with Gasteiger partial charge in [0, 0.05) is 17.4 Å². The summed E-state index contributed by atoms with van der Waals surface area (Å²) >= 11 is 0. The van der Waals surface area contributed by atoms with Gasteiger partial charge in [0.1, 0.15) is 6.33 Å². The zero-order chi connectivity index (χ0) is 7.56. The second-order valence-electron chi connectivity index (χ2n) is 1.94. The Hall–Kier alpha value is -0.935. The fourth-order valence-corrected chi connectivity index (χ4v) is 0.655. The maximum Gasteiger partial charge on any atom is 0.491 e. The molecule has 0 bridgehead atoms. The van der Waals surface area contributed by atoms with Crippen LogP contribution in [0.1, 0.15) is 5.69 Å². The Morgan fingerprint density at radius 2 is 2.20 bits per heavy atom. The Balaban J connectivity index is 3.03. The lowest BCUT2D eigenvalue weighted by molar-refractivity contribution is 0.425. The molecule has 0 amide bonds. The number of aromatic nitrogens is 2. The molecule has 0 saturated heterocycles. The molecule has 10 heavy (non-hydrogen) atoms. The van der Waals surface area contributed by atoms with E-state index in [1.165, 1.54) is 12.5 Å². The van der Waals surface area contributed by atoms with Crippen molar-refractivity contribution in [1.82, 2.24) is 9.97 Å². The summed E-state index contributed by atoms with van der Waals surface area (Å²) in [6.07, 6.45) is 2.74. The van der Waals surface area contributed by atoms with Crippen LogP contribution in [0.15, 0.2) is 12.5 Å². The van der Waals surface area contributed by atoms with E-state index in [1.54, 1.807) is 6.92 Å². The molecule has 1 rings (SSSR count). The Labute approximate surface area is 58.7 Å². The van der Waals surface area contributed by atoms with Crippen LogP contribution in [0.5, 0.6) is 0 Å². The maximum absolute atomic E-state index is 8.68. The van der Waals surface area contributed by atoms with Gasteiger partial charge >= 0.3 is 7.12 Å². The Morgan fingerprint density at radius 3 is 2.60 bits per heavy atom. The van der Waals surface area contributed by atoms with Crippen molar-refractivity contribution in [3.63, 3.8) is 0 Å². The van der Waals surface area contributed by atoms with Crippen LogP contribution >= 0.6 is 0 Å². The first-order valence-electron chi connectivity index (χ1n) is 2.84. The summed E-state index contributed by atoms with van der Waals surface area (Å²) in [6.45, 7) is 1.69. The molecule has 1 aromatic heterocycles. The molecule has 0 unspecified atom stereocenters. The van der Waals surface area contributed by atoms with Gasteiger partial charge in [0.15, 0.2) is 0 Å². The van der Waals surface area contributed by atoms with Crippen molar-refractivity contribution in [3.8, 4) is 0 Å². The molecule has 1 heterocycles. The van der Waals surface area contributed by atoms with Gasteiger partial charge in [-0.05, 0) is 6.92 Å². The van der Waals surface area contributed by atoms with Gasteiger partial charge in [-0.15, -0.1) is 0 Å². The van der Waals surface area contributed by atoms with E-state index in [1.807, 2.05) is 0 Å². The highest BCUT2D eigenvalue weighted by atomic mass is 16.4. The minimum atomic E-state index is -1.47. The highest BCUT2D eigenvalue weighted by Crippen LogP contribution is 1.84. The molecular weight excluding hydrogens is 131 g/mol. The summed E-state index contributed by atoms with van der Waals surface area (Å²) in [7, 11) is -1.47. The quantitative estimate of drug-likeness (QED) is 0.461. The third-order valence-electron chi connectivity index (χ3n) is 1.23. The van der Waals surface area contributed by atoms with Crippen LogP contribution in [0.25, 0.3) is 0 Å². The zero-order valence-electron chi connectivity index (χ0n) is 5.52. The van der Waals surface area contributed by atoms with Gasteiger partial charge in [0.2, 0.25) is 0 Å². The average Bonchev–Trinajstić information content (AvgIpc) is 1.88. The van der Waals surface area contributed by atoms with Gasteiger partial charge < -0.3 is 10.0 Å². The highest BCUT2D eigenvalue weighted by molar-refractivity contribution is 6.58.